The topological polar surface area (TPSA) is 43.1 Å². The van der Waals surface area contributed by atoms with Gasteiger partial charge in [0.1, 0.15) is 0 Å². The number of nitrogens with two attached hydrogens (primary N) is 1. The maximum Gasteiger partial charge on any atom is 0.166 e. The number of aryl methyl sites for hydroxylation is 2. The van der Waals surface area contributed by atoms with Crippen LogP contribution < -0.4 is 5.73 Å². The van der Waals surface area contributed by atoms with E-state index in [9.17, 15) is 4.79 Å². The Kier molecular flexibility index (Phi) is 3.63. The molecular formula is C15H21NO. The van der Waals surface area contributed by atoms with Crippen molar-refractivity contribution in [1.82, 2.24) is 0 Å². The Labute approximate surface area is 103 Å². The Morgan fingerprint density at radius 2 is 2.06 bits per heavy atom. The van der Waals surface area contributed by atoms with E-state index in [2.05, 4.69) is 13.0 Å². The third-order valence-electron chi connectivity index (χ3n) is 3.73. The summed E-state index contributed by atoms with van der Waals surface area (Å²) in [5, 5.41) is 0. The summed E-state index contributed by atoms with van der Waals surface area (Å²) in [6.45, 7) is 4.07. The average molecular weight is 231 g/mol. The van der Waals surface area contributed by atoms with Gasteiger partial charge in [-0.2, -0.15) is 0 Å². The van der Waals surface area contributed by atoms with Crippen LogP contribution in [0.2, 0.25) is 0 Å². The molecule has 2 N–H and O–H groups in total. The van der Waals surface area contributed by atoms with E-state index in [1.165, 1.54) is 5.56 Å². The summed E-state index contributed by atoms with van der Waals surface area (Å²) in [7, 11) is 0. The average Bonchev–Trinajstić information content (AvgIpc) is 2.28. The van der Waals surface area contributed by atoms with E-state index in [-0.39, 0.29) is 17.7 Å². The zero-order chi connectivity index (χ0) is 12.4. The quantitative estimate of drug-likeness (QED) is 0.795. The minimum Gasteiger partial charge on any atom is -0.328 e. The third kappa shape index (κ3) is 2.75. The SMILES string of the molecule is Cc1ccc(C(=O)C2CCCC(N)C2)c(C)c1. The molecule has 0 amide bonds. The third-order valence-corrected chi connectivity index (χ3v) is 3.73. The van der Waals surface area contributed by atoms with E-state index in [4.69, 9.17) is 5.73 Å². The van der Waals surface area contributed by atoms with E-state index in [0.29, 0.717) is 0 Å². The first-order chi connectivity index (χ1) is 8.08. The molecule has 17 heavy (non-hydrogen) atoms. The summed E-state index contributed by atoms with van der Waals surface area (Å²) in [6, 6.07) is 6.27. The van der Waals surface area contributed by atoms with Gasteiger partial charge in [0.05, 0.1) is 0 Å². The number of hydrogen-bond donors (Lipinski definition) is 1. The number of Topliss-reactive ketones (excluding diaryl/α,β-unsaturated/α-hetero) is 1. The van der Waals surface area contributed by atoms with Gasteiger partial charge >= 0.3 is 0 Å². The molecule has 92 valence electrons. The summed E-state index contributed by atoms with van der Waals surface area (Å²) in [6.07, 6.45) is 4.01. The number of carbonyl (C=O) groups excluding carboxylic acids is 1. The van der Waals surface area contributed by atoms with E-state index in [0.717, 1.165) is 36.8 Å². The number of ketones is 1. The van der Waals surface area contributed by atoms with E-state index >= 15 is 0 Å². The second kappa shape index (κ2) is 5.01. The van der Waals surface area contributed by atoms with Crippen molar-refractivity contribution in [2.24, 2.45) is 11.7 Å². The van der Waals surface area contributed by atoms with Crippen molar-refractivity contribution < 1.29 is 4.79 Å². The number of carbonyl (C=O) groups is 1. The van der Waals surface area contributed by atoms with Gasteiger partial charge < -0.3 is 5.73 Å². The van der Waals surface area contributed by atoms with E-state index in [1.54, 1.807) is 0 Å². The molecule has 2 nitrogen and oxygen atoms in total. The molecule has 1 aromatic carbocycles. The predicted octanol–water partition coefficient (Wildman–Crippen LogP) is 3.00. The van der Waals surface area contributed by atoms with Crippen LogP contribution >= 0.6 is 0 Å². The molecule has 2 rings (SSSR count). The fraction of sp³-hybridized carbons (Fsp3) is 0.533. The molecule has 1 fully saturated rings. The highest BCUT2D eigenvalue weighted by Gasteiger charge is 2.26. The molecule has 1 aliphatic carbocycles. The maximum atomic E-state index is 12.4. The standard InChI is InChI=1S/C15H21NO/c1-10-6-7-14(11(2)8-10)15(17)12-4-3-5-13(16)9-12/h6-8,12-13H,3-5,9,16H2,1-2H3. The highest BCUT2D eigenvalue weighted by Crippen LogP contribution is 2.27. The fourth-order valence-corrected chi connectivity index (χ4v) is 2.78. The van der Waals surface area contributed by atoms with Gasteiger partial charge in [-0.15, -0.1) is 0 Å². The Morgan fingerprint density at radius 3 is 2.71 bits per heavy atom. The fourth-order valence-electron chi connectivity index (χ4n) is 2.78. The van der Waals surface area contributed by atoms with Gasteiger partial charge in [0.15, 0.2) is 5.78 Å². The van der Waals surface area contributed by atoms with Crippen molar-refractivity contribution in [1.29, 1.82) is 0 Å². The molecule has 1 saturated carbocycles. The van der Waals surface area contributed by atoms with Crippen LogP contribution in [0.25, 0.3) is 0 Å². The number of rotatable bonds is 2. The molecule has 2 unspecified atom stereocenters. The van der Waals surface area contributed by atoms with Gasteiger partial charge in [-0.05, 0) is 38.7 Å². The zero-order valence-corrected chi connectivity index (χ0v) is 10.7. The summed E-state index contributed by atoms with van der Waals surface area (Å²) in [5.41, 5.74) is 9.13. The lowest BCUT2D eigenvalue weighted by Crippen LogP contribution is -2.31. The molecule has 1 aliphatic rings. The molecule has 0 radical (unpaired) electrons. The van der Waals surface area contributed by atoms with Crippen molar-refractivity contribution in [2.75, 3.05) is 0 Å². The Morgan fingerprint density at radius 1 is 1.29 bits per heavy atom. The lowest BCUT2D eigenvalue weighted by Gasteiger charge is -2.26. The van der Waals surface area contributed by atoms with Crippen LogP contribution in [0.4, 0.5) is 0 Å². The van der Waals surface area contributed by atoms with Crippen molar-refractivity contribution in [3.05, 3.63) is 34.9 Å². The molecule has 2 heteroatoms. The van der Waals surface area contributed by atoms with Gasteiger partial charge in [0, 0.05) is 17.5 Å². The van der Waals surface area contributed by atoms with Gasteiger partial charge in [-0.3, -0.25) is 4.79 Å². The summed E-state index contributed by atoms with van der Waals surface area (Å²) < 4.78 is 0. The molecule has 0 bridgehead atoms. The largest absolute Gasteiger partial charge is 0.328 e. The van der Waals surface area contributed by atoms with Crippen molar-refractivity contribution in [2.45, 2.75) is 45.6 Å². The van der Waals surface area contributed by atoms with Crippen molar-refractivity contribution in [3.63, 3.8) is 0 Å². The Bertz CT molecular complexity index is 425. The molecule has 0 spiro atoms. The van der Waals surface area contributed by atoms with Crippen LogP contribution in [0.3, 0.4) is 0 Å². The molecule has 0 heterocycles. The second-order valence-corrected chi connectivity index (χ2v) is 5.31. The first-order valence-corrected chi connectivity index (χ1v) is 6.45. The highest BCUT2D eigenvalue weighted by atomic mass is 16.1. The molecule has 0 saturated heterocycles. The Hall–Kier alpha value is -1.15. The van der Waals surface area contributed by atoms with Crippen LogP contribution in [0, 0.1) is 19.8 Å². The van der Waals surface area contributed by atoms with Gasteiger partial charge in [-0.1, -0.05) is 30.2 Å². The van der Waals surface area contributed by atoms with Crippen molar-refractivity contribution in [3.8, 4) is 0 Å². The molecule has 2 atom stereocenters. The molecule has 0 aliphatic heterocycles. The number of benzene rings is 1. The zero-order valence-electron chi connectivity index (χ0n) is 10.7. The summed E-state index contributed by atoms with van der Waals surface area (Å²) >= 11 is 0. The normalized spacial score (nSPS) is 24.6. The second-order valence-electron chi connectivity index (χ2n) is 5.31. The summed E-state index contributed by atoms with van der Waals surface area (Å²) in [4.78, 5) is 12.4. The predicted molar refractivity (Wildman–Crippen MR) is 70.2 cm³/mol. The van der Waals surface area contributed by atoms with Crippen LogP contribution in [-0.2, 0) is 0 Å². The first kappa shape index (κ1) is 12.3. The lowest BCUT2D eigenvalue weighted by atomic mass is 9.80. The van der Waals surface area contributed by atoms with Crippen LogP contribution in [0.15, 0.2) is 18.2 Å². The van der Waals surface area contributed by atoms with E-state index < -0.39 is 0 Å². The van der Waals surface area contributed by atoms with Gasteiger partial charge in [0.25, 0.3) is 0 Å². The molecule has 0 aromatic heterocycles. The van der Waals surface area contributed by atoms with Gasteiger partial charge in [-0.25, -0.2) is 0 Å². The minimum absolute atomic E-state index is 0.139. The van der Waals surface area contributed by atoms with Crippen molar-refractivity contribution >= 4 is 5.78 Å². The minimum atomic E-state index is 0.139. The lowest BCUT2D eigenvalue weighted by molar-refractivity contribution is 0.0881. The Balaban J connectivity index is 2.18. The maximum absolute atomic E-state index is 12.4. The van der Waals surface area contributed by atoms with Gasteiger partial charge in [0.2, 0.25) is 0 Å². The molecular weight excluding hydrogens is 210 g/mol. The van der Waals surface area contributed by atoms with Crippen LogP contribution in [-0.4, -0.2) is 11.8 Å². The summed E-state index contributed by atoms with van der Waals surface area (Å²) in [5.74, 6) is 0.429. The monoisotopic (exact) mass is 231 g/mol. The van der Waals surface area contributed by atoms with Crippen LogP contribution in [0.1, 0.15) is 47.2 Å². The smallest absolute Gasteiger partial charge is 0.166 e. The highest BCUT2D eigenvalue weighted by molar-refractivity contribution is 5.99. The number of hydrogen-bond acceptors (Lipinski definition) is 2. The first-order valence-electron chi connectivity index (χ1n) is 6.45. The molecule has 1 aromatic rings. The van der Waals surface area contributed by atoms with E-state index in [1.807, 2.05) is 19.1 Å². The van der Waals surface area contributed by atoms with Crippen LogP contribution in [0.5, 0.6) is 0 Å².